The van der Waals surface area contributed by atoms with Crippen LogP contribution in [0.2, 0.25) is 0 Å². The van der Waals surface area contributed by atoms with E-state index in [1.807, 2.05) is 0 Å². The minimum atomic E-state index is -0.459. The minimum Gasteiger partial charge on any atom is -0.349 e. The molecule has 1 amide bonds. The Kier molecular flexibility index (Phi) is 3.66. The number of rotatable bonds is 4. The van der Waals surface area contributed by atoms with Gasteiger partial charge in [-0.2, -0.15) is 0 Å². The minimum absolute atomic E-state index is 0.00713. The van der Waals surface area contributed by atoms with Crippen molar-refractivity contribution >= 4 is 11.6 Å². The fourth-order valence-electron chi connectivity index (χ4n) is 4.04. The van der Waals surface area contributed by atoms with Gasteiger partial charge in [-0.25, -0.2) is 0 Å². The van der Waals surface area contributed by atoms with Crippen molar-refractivity contribution in [2.24, 2.45) is 17.8 Å². The van der Waals surface area contributed by atoms with Gasteiger partial charge in [-0.15, -0.1) is 0 Å². The van der Waals surface area contributed by atoms with E-state index in [1.165, 1.54) is 49.9 Å². The SMILES string of the molecule is C[C@@H](NC(=O)c1ccc([N+](=O)[O-])cc1)[C@@H]1C[C@H]2CC[C@H]1C2. The number of amides is 1. The predicted molar refractivity (Wildman–Crippen MR) is 79.0 cm³/mol. The number of nitro benzene ring substituents is 1. The van der Waals surface area contributed by atoms with Gasteiger partial charge in [0, 0.05) is 23.7 Å². The van der Waals surface area contributed by atoms with Crippen LogP contribution in [-0.4, -0.2) is 16.9 Å². The number of nitrogens with zero attached hydrogens (tertiary/aromatic N) is 1. The van der Waals surface area contributed by atoms with Crippen molar-refractivity contribution < 1.29 is 9.72 Å². The molecule has 0 heterocycles. The summed E-state index contributed by atoms with van der Waals surface area (Å²) in [6, 6.07) is 5.94. The fraction of sp³-hybridized carbons (Fsp3) is 0.562. The Balaban J connectivity index is 1.61. The van der Waals surface area contributed by atoms with E-state index in [9.17, 15) is 14.9 Å². The molecule has 2 aliphatic carbocycles. The van der Waals surface area contributed by atoms with Crippen LogP contribution in [0, 0.1) is 27.9 Å². The number of hydrogen-bond donors (Lipinski definition) is 1. The van der Waals surface area contributed by atoms with Crippen LogP contribution in [0.25, 0.3) is 0 Å². The molecule has 112 valence electrons. The Bertz CT molecular complexity index is 555. The van der Waals surface area contributed by atoms with Gasteiger partial charge in [-0.3, -0.25) is 14.9 Å². The van der Waals surface area contributed by atoms with Crippen LogP contribution in [0.3, 0.4) is 0 Å². The van der Waals surface area contributed by atoms with E-state index in [4.69, 9.17) is 0 Å². The molecule has 0 aliphatic heterocycles. The maximum absolute atomic E-state index is 12.2. The Labute approximate surface area is 123 Å². The molecule has 2 fully saturated rings. The molecule has 0 unspecified atom stereocenters. The predicted octanol–water partition coefficient (Wildman–Crippen LogP) is 3.15. The lowest BCUT2D eigenvalue weighted by Gasteiger charge is -2.28. The highest BCUT2D eigenvalue weighted by Crippen LogP contribution is 2.49. The maximum Gasteiger partial charge on any atom is 0.269 e. The van der Waals surface area contributed by atoms with E-state index >= 15 is 0 Å². The van der Waals surface area contributed by atoms with Gasteiger partial charge in [-0.05, 0) is 56.1 Å². The number of benzene rings is 1. The molecule has 1 aromatic carbocycles. The average Bonchev–Trinajstić information content (AvgIpc) is 3.10. The summed E-state index contributed by atoms with van der Waals surface area (Å²) in [5.41, 5.74) is 0.489. The lowest BCUT2D eigenvalue weighted by atomic mass is 9.84. The van der Waals surface area contributed by atoms with Crippen molar-refractivity contribution in [3.63, 3.8) is 0 Å². The van der Waals surface area contributed by atoms with Gasteiger partial charge in [0.25, 0.3) is 11.6 Å². The number of fused-ring (bicyclic) bond motifs is 2. The summed E-state index contributed by atoms with van der Waals surface area (Å²) >= 11 is 0. The molecule has 1 N–H and O–H groups in total. The molecule has 3 rings (SSSR count). The van der Waals surface area contributed by atoms with Crippen LogP contribution >= 0.6 is 0 Å². The zero-order valence-corrected chi connectivity index (χ0v) is 12.1. The maximum atomic E-state index is 12.2. The Morgan fingerprint density at radius 2 is 2.00 bits per heavy atom. The average molecular weight is 288 g/mol. The van der Waals surface area contributed by atoms with E-state index in [0.29, 0.717) is 11.5 Å². The largest absolute Gasteiger partial charge is 0.349 e. The van der Waals surface area contributed by atoms with Gasteiger partial charge in [0.1, 0.15) is 0 Å². The standard InChI is InChI=1S/C16H20N2O3/c1-10(15-9-11-2-3-13(15)8-11)17-16(19)12-4-6-14(7-5-12)18(20)21/h4-7,10-11,13,15H,2-3,8-9H2,1H3,(H,17,19)/t10-,11+,13+,15+/m1/s1. The lowest BCUT2D eigenvalue weighted by molar-refractivity contribution is -0.384. The molecular formula is C16H20N2O3. The Hall–Kier alpha value is -1.91. The normalized spacial score (nSPS) is 28.3. The van der Waals surface area contributed by atoms with Gasteiger partial charge in [0.15, 0.2) is 0 Å². The number of non-ortho nitro benzene ring substituents is 1. The van der Waals surface area contributed by atoms with Crippen molar-refractivity contribution in [1.29, 1.82) is 0 Å². The topological polar surface area (TPSA) is 72.2 Å². The van der Waals surface area contributed by atoms with Crippen LogP contribution < -0.4 is 5.32 Å². The molecule has 5 heteroatoms. The van der Waals surface area contributed by atoms with Crippen LogP contribution in [-0.2, 0) is 0 Å². The molecule has 0 spiro atoms. The van der Waals surface area contributed by atoms with Crippen molar-refractivity contribution in [3.05, 3.63) is 39.9 Å². The van der Waals surface area contributed by atoms with E-state index in [2.05, 4.69) is 12.2 Å². The van der Waals surface area contributed by atoms with E-state index < -0.39 is 4.92 Å². The number of nitro groups is 1. The van der Waals surface area contributed by atoms with E-state index in [0.717, 1.165) is 11.8 Å². The van der Waals surface area contributed by atoms with Gasteiger partial charge in [0.2, 0.25) is 0 Å². The monoisotopic (exact) mass is 288 g/mol. The first-order valence-electron chi connectivity index (χ1n) is 7.60. The van der Waals surface area contributed by atoms with Crippen molar-refractivity contribution in [3.8, 4) is 0 Å². The van der Waals surface area contributed by atoms with Crippen LogP contribution in [0.15, 0.2) is 24.3 Å². The fourth-order valence-corrected chi connectivity index (χ4v) is 4.04. The molecule has 1 aromatic rings. The number of carbonyl (C=O) groups is 1. The van der Waals surface area contributed by atoms with Crippen LogP contribution in [0.5, 0.6) is 0 Å². The second-order valence-corrected chi connectivity index (χ2v) is 6.40. The molecule has 2 saturated carbocycles. The highest BCUT2D eigenvalue weighted by Gasteiger charge is 2.42. The van der Waals surface area contributed by atoms with Crippen molar-refractivity contribution in [1.82, 2.24) is 5.32 Å². The molecule has 0 aromatic heterocycles. The van der Waals surface area contributed by atoms with E-state index in [-0.39, 0.29) is 17.6 Å². The van der Waals surface area contributed by atoms with Crippen molar-refractivity contribution in [2.75, 3.05) is 0 Å². The zero-order chi connectivity index (χ0) is 15.0. The summed E-state index contributed by atoms with van der Waals surface area (Å²) in [5, 5.41) is 13.7. The molecule has 0 saturated heterocycles. The number of hydrogen-bond acceptors (Lipinski definition) is 3. The first-order chi connectivity index (χ1) is 10.0. The smallest absolute Gasteiger partial charge is 0.269 e. The van der Waals surface area contributed by atoms with Gasteiger partial charge in [0.05, 0.1) is 4.92 Å². The molecule has 21 heavy (non-hydrogen) atoms. The molecule has 2 bridgehead atoms. The van der Waals surface area contributed by atoms with E-state index in [1.54, 1.807) is 0 Å². The van der Waals surface area contributed by atoms with Crippen molar-refractivity contribution in [2.45, 2.75) is 38.6 Å². The number of nitrogens with one attached hydrogen (secondary N) is 1. The highest BCUT2D eigenvalue weighted by atomic mass is 16.6. The van der Waals surface area contributed by atoms with Crippen LogP contribution in [0.1, 0.15) is 43.0 Å². The van der Waals surface area contributed by atoms with Gasteiger partial charge >= 0.3 is 0 Å². The Morgan fingerprint density at radius 1 is 1.29 bits per heavy atom. The third-order valence-corrected chi connectivity index (χ3v) is 5.13. The summed E-state index contributed by atoms with van der Waals surface area (Å²) in [7, 11) is 0. The quantitative estimate of drug-likeness (QED) is 0.683. The molecule has 0 radical (unpaired) electrons. The molecule has 2 aliphatic rings. The summed E-state index contributed by atoms with van der Waals surface area (Å²) < 4.78 is 0. The molecular weight excluding hydrogens is 268 g/mol. The van der Waals surface area contributed by atoms with Gasteiger partial charge in [-0.1, -0.05) is 6.42 Å². The first kappa shape index (κ1) is 14.0. The molecule has 4 atom stereocenters. The summed E-state index contributed by atoms with van der Waals surface area (Å²) in [6.07, 6.45) is 5.20. The van der Waals surface area contributed by atoms with Crippen LogP contribution in [0.4, 0.5) is 5.69 Å². The number of carbonyl (C=O) groups excluding carboxylic acids is 1. The Morgan fingerprint density at radius 3 is 2.52 bits per heavy atom. The summed E-state index contributed by atoms with van der Waals surface area (Å²) in [6.45, 7) is 2.08. The molecule has 5 nitrogen and oxygen atoms in total. The first-order valence-corrected chi connectivity index (χ1v) is 7.60. The summed E-state index contributed by atoms with van der Waals surface area (Å²) in [4.78, 5) is 22.4. The lowest BCUT2D eigenvalue weighted by Crippen LogP contribution is -2.40. The second-order valence-electron chi connectivity index (χ2n) is 6.40. The second kappa shape index (κ2) is 5.47. The third-order valence-electron chi connectivity index (χ3n) is 5.13. The summed E-state index contributed by atoms with van der Waals surface area (Å²) in [5.74, 6) is 2.08. The highest BCUT2D eigenvalue weighted by molar-refractivity contribution is 5.94. The third kappa shape index (κ3) is 2.77. The van der Waals surface area contributed by atoms with Gasteiger partial charge < -0.3 is 5.32 Å². The zero-order valence-electron chi connectivity index (χ0n) is 12.1.